The Morgan fingerprint density at radius 2 is 2.12 bits per heavy atom. The lowest BCUT2D eigenvalue weighted by Gasteiger charge is -2.25. The van der Waals surface area contributed by atoms with Crippen LogP contribution in [0.2, 0.25) is 0 Å². The lowest BCUT2D eigenvalue weighted by molar-refractivity contribution is 0.225. The molecular weight excluding hydrogens is 232 g/mol. The minimum absolute atomic E-state index is 0. The van der Waals surface area contributed by atoms with Gasteiger partial charge in [0.25, 0.3) is 0 Å². The monoisotopic (exact) mass is 254 g/mol. The molecule has 0 radical (unpaired) electrons. The fourth-order valence-electron chi connectivity index (χ4n) is 2.42. The molecule has 0 unspecified atom stereocenters. The number of fused-ring (bicyclic) bond motifs is 1. The van der Waals surface area contributed by atoms with E-state index in [1.807, 2.05) is 0 Å². The Labute approximate surface area is 111 Å². The SMILES string of the molecule is CCN(Cc1cccc2c1NCC2)C(C)C.Cl. The van der Waals surface area contributed by atoms with Crippen LogP contribution in [0, 0.1) is 0 Å². The molecule has 3 heteroatoms. The molecule has 1 N–H and O–H groups in total. The Morgan fingerprint density at radius 1 is 1.35 bits per heavy atom. The normalized spacial score (nSPS) is 13.5. The highest BCUT2D eigenvalue weighted by atomic mass is 35.5. The van der Waals surface area contributed by atoms with E-state index in [1.54, 1.807) is 0 Å². The fraction of sp³-hybridized carbons (Fsp3) is 0.571. The van der Waals surface area contributed by atoms with Crippen LogP contribution in [0.15, 0.2) is 18.2 Å². The van der Waals surface area contributed by atoms with Crippen molar-refractivity contribution in [2.45, 2.75) is 39.8 Å². The van der Waals surface area contributed by atoms with Gasteiger partial charge in [-0.25, -0.2) is 0 Å². The Balaban J connectivity index is 0.00000144. The molecule has 1 aromatic rings. The summed E-state index contributed by atoms with van der Waals surface area (Å²) in [7, 11) is 0. The summed E-state index contributed by atoms with van der Waals surface area (Å²) in [4.78, 5) is 2.50. The third-order valence-electron chi connectivity index (χ3n) is 3.44. The molecule has 96 valence electrons. The average molecular weight is 255 g/mol. The first kappa shape index (κ1) is 14.3. The Kier molecular flexibility index (Phi) is 5.29. The Morgan fingerprint density at radius 3 is 2.76 bits per heavy atom. The molecule has 0 atom stereocenters. The van der Waals surface area contributed by atoms with Crippen molar-refractivity contribution in [2.75, 3.05) is 18.4 Å². The van der Waals surface area contributed by atoms with Crippen LogP contribution >= 0.6 is 12.4 Å². The molecule has 2 rings (SSSR count). The van der Waals surface area contributed by atoms with E-state index in [9.17, 15) is 0 Å². The number of nitrogens with one attached hydrogen (secondary N) is 1. The standard InChI is InChI=1S/C14H22N2.ClH/c1-4-16(11(2)3)10-13-7-5-6-12-8-9-15-14(12)13;/h5-7,11,15H,4,8-10H2,1-3H3;1H. The predicted molar refractivity (Wildman–Crippen MR) is 77.1 cm³/mol. The number of nitrogens with zero attached hydrogens (tertiary/aromatic N) is 1. The van der Waals surface area contributed by atoms with E-state index >= 15 is 0 Å². The third kappa shape index (κ3) is 3.14. The van der Waals surface area contributed by atoms with Gasteiger partial charge < -0.3 is 5.32 Å². The summed E-state index contributed by atoms with van der Waals surface area (Å²) >= 11 is 0. The average Bonchev–Trinajstić information content (AvgIpc) is 2.73. The maximum atomic E-state index is 3.51. The smallest absolute Gasteiger partial charge is 0.0419 e. The summed E-state index contributed by atoms with van der Waals surface area (Å²) in [6.45, 7) is 10.0. The molecule has 0 aliphatic carbocycles. The van der Waals surface area contributed by atoms with Crippen molar-refractivity contribution in [3.63, 3.8) is 0 Å². The molecule has 1 aromatic carbocycles. The van der Waals surface area contributed by atoms with Gasteiger partial charge >= 0.3 is 0 Å². The van der Waals surface area contributed by atoms with Gasteiger partial charge in [0.15, 0.2) is 0 Å². The van der Waals surface area contributed by atoms with Crippen molar-refractivity contribution in [1.29, 1.82) is 0 Å². The summed E-state index contributed by atoms with van der Waals surface area (Å²) in [6, 6.07) is 7.30. The minimum Gasteiger partial charge on any atom is -0.384 e. The summed E-state index contributed by atoms with van der Waals surface area (Å²) in [5.41, 5.74) is 4.32. The molecule has 0 amide bonds. The van der Waals surface area contributed by atoms with E-state index in [0.717, 1.165) is 19.6 Å². The topological polar surface area (TPSA) is 15.3 Å². The van der Waals surface area contributed by atoms with Gasteiger partial charge in [-0.3, -0.25) is 4.90 Å². The lowest BCUT2D eigenvalue weighted by Crippen LogP contribution is -2.30. The molecule has 17 heavy (non-hydrogen) atoms. The summed E-state index contributed by atoms with van der Waals surface area (Å²) in [5, 5.41) is 3.51. The van der Waals surface area contributed by atoms with Crippen LogP contribution in [0.25, 0.3) is 0 Å². The van der Waals surface area contributed by atoms with Gasteiger partial charge in [-0.2, -0.15) is 0 Å². The number of anilines is 1. The quantitative estimate of drug-likeness (QED) is 0.887. The molecular formula is C14H23ClN2. The second-order valence-corrected chi connectivity index (χ2v) is 4.78. The third-order valence-corrected chi connectivity index (χ3v) is 3.44. The second kappa shape index (κ2) is 6.27. The van der Waals surface area contributed by atoms with Crippen LogP contribution in [0.4, 0.5) is 5.69 Å². The van der Waals surface area contributed by atoms with Crippen LogP contribution in [0.3, 0.4) is 0 Å². The molecule has 1 aliphatic rings. The summed E-state index contributed by atoms with van der Waals surface area (Å²) in [6.07, 6.45) is 1.18. The van der Waals surface area contributed by atoms with E-state index in [2.05, 4.69) is 49.2 Å². The minimum atomic E-state index is 0. The Bertz CT molecular complexity index is 363. The lowest BCUT2D eigenvalue weighted by atomic mass is 10.1. The number of para-hydroxylation sites is 1. The maximum absolute atomic E-state index is 3.51. The Hall–Kier alpha value is -0.730. The van der Waals surface area contributed by atoms with Crippen LogP contribution in [-0.4, -0.2) is 24.0 Å². The first-order valence-electron chi connectivity index (χ1n) is 6.31. The number of halogens is 1. The summed E-state index contributed by atoms with van der Waals surface area (Å²) in [5.74, 6) is 0. The molecule has 0 saturated carbocycles. The van der Waals surface area contributed by atoms with Gasteiger partial charge in [0.2, 0.25) is 0 Å². The zero-order chi connectivity index (χ0) is 11.5. The molecule has 0 spiro atoms. The summed E-state index contributed by atoms with van der Waals surface area (Å²) < 4.78 is 0. The second-order valence-electron chi connectivity index (χ2n) is 4.78. The van der Waals surface area contributed by atoms with Crippen LogP contribution in [-0.2, 0) is 13.0 Å². The molecule has 2 nitrogen and oxygen atoms in total. The van der Waals surface area contributed by atoms with E-state index in [-0.39, 0.29) is 12.4 Å². The molecule has 1 aliphatic heterocycles. The van der Waals surface area contributed by atoms with Crippen molar-refractivity contribution in [3.05, 3.63) is 29.3 Å². The van der Waals surface area contributed by atoms with Gasteiger partial charge in [-0.1, -0.05) is 25.1 Å². The molecule has 0 aromatic heterocycles. The van der Waals surface area contributed by atoms with Crippen LogP contribution in [0.5, 0.6) is 0 Å². The molecule has 1 heterocycles. The van der Waals surface area contributed by atoms with Gasteiger partial charge in [0, 0.05) is 24.8 Å². The van der Waals surface area contributed by atoms with Gasteiger partial charge in [-0.05, 0) is 37.9 Å². The number of hydrogen-bond acceptors (Lipinski definition) is 2. The van der Waals surface area contributed by atoms with Crippen LogP contribution < -0.4 is 5.32 Å². The molecule has 0 bridgehead atoms. The van der Waals surface area contributed by atoms with Crippen molar-refractivity contribution < 1.29 is 0 Å². The highest BCUT2D eigenvalue weighted by Crippen LogP contribution is 2.27. The predicted octanol–water partition coefficient (Wildman–Crippen LogP) is 3.31. The highest BCUT2D eigenvalue weighted by molar-refractivity contribution is 5.85. The first-order chi connectivity index (χ1) is 7.72. The highest BCUT2D eigenvalue weighted by Gasteiger charge is 2.16. The van der Waals surface area contributed by atoms with Crippen molar-refractivity contribution in [3.8, 4) is 0 Å². The van der Waals surface area contributed by atoms with Crippen molar-refractivity contribution in [2.24, 2.45) is 0 Å². The van der Waals surface area contributed by atoms with E-state index in [4.69, 9.17) is 0 Å². The van der Waals surface area contributed by atoms with Gasteiger partial charge in [-0.15, -0.1) is 12.4 Å². The number of hydrogen-bond donors (Lipinski definition) is 1. The van der Waals surface area contributed by atoms with E-state index in [0.29, 0.717) is 6.04 Å². The molecule has 0 saturated heterocycles. The van der Waals surface area contributed by atoms with Crippen molar-refractivity contribution in [1.82, 2.24) is 4.90 Å². The van der Waals surface area contributed by atoms with E-state index < -0.39 is 0 Å². The maximum Gasteiger partial charge on any atom is 0.0419 e. The van der Waals surface area contributed by atoms with E-state index in [1.165, 1.54) is 23.2 Å². The van der Waals surface area contributed by atoms with Crippen molar-refractivity contribution >= 4 is 18.1 Å². The van der Waals surface area contributed by atoms with Gasteiger partial charge in [0.1, 0.15) is 0 Å². The number of benzene rings is 1. The van der Waals surface area contributed by atoms with Crippen LogP contribution in [0.1, 0.15) is 31.9 Å². The fourth-order valence-corrected chi connectivity index (χ4v) is 2.42. The van der Waals surface area contributed by atoms with Gasteiger partial charge in [0.05, 0.1) is 0 Å². The number of rotatable bonds is 4. The largest absolute Gasteiger partial charge is 0.384 e. The molecule has 0 fully saturated rings. The zero-order valence-corrected chi connectivity index (χ0v) is 11.8. The first-order valence-corrected chi connectivity index (χ1v) is 6.31. The zero-order valence-electron chi connectivity index (χ0n) is 11.0.